The van der Waals surface area contributed by atoms with E-state index in [-0.39, 0.29) is 5.28 Å². The number of halogens is 1. The Morgan fingerprint density at radius 3 is 2.67 bits per heavy atom. The molecule has 0 bridgehead atoms. The highest BCUT2D eigenvalue weighted by Gasteiger charge is 2.21. The predicted octanol–water partition coefficient (Wildman–Crippen LogP) is 1.62. The fraction of sp³-hybridized carbons (Fsp3) is 0.714. The zero-order chi connectivity index (χ0) is 8.39. The van der Waals surface area contributed by atoms with Crippen LogP contribution in [0.1, 0.15) is 24.7 Å². The Morgan fingerprint density at radius 1 is 1.33 bits per heavy atom. The molecule has 2 rings (SSSR count). The van der Waals surface area contributed by atoms with Crippen LogP contribution in [-0.4, -0.2) is 23.4 Å². The number of hydrogen-bond acceptors (Lipinski definition) is 4. The van der Waals surface area contributed by atoms with Crippen molar-refractivity contribution >= 4 is 11.6 Å². The first-order chi connectivity index (χ1) is 5.86. The van der Waals surface area contributed by atoms with Gasteiger partial charge in [0.05, 0.1) is 0 Å². The molecule has 0 unspecified atom stereocenters. The Bertz CT molecular complexity index is 258. The smallest absolute Gasteiger partial charge is 0.263 e. The first-order valence-corrected chi connectivity index (χ1v) is 4.31. The van der Waals surface area contributed by atoms with Crippen LogP contribution < -0.4 is 0 Å². The van der Waals surface area contributed by atoms with E-state index in [0.29, 0.717) is 11.8 Å². The third-order valence-corrected chi connectivity index (χ3v) is 2.14. The molecule has 5 heteroatoms. The second kappa shape index (κ2) is 3.41. The summed E-state index contributed by atoms with van der Waals surface area (Å²) >= 11 is 5.53. The monoisotopic (exact) mass is 188 g/mol. The molecule has 66 valence electrons. The van der Waals surface area contributed by atoms with E-state index in [2.05, 4.69) is 10.1 Å². The van der Waals surface area contributed by atoms with E-state index in [9.17, 15) is 0 Å². The summed E-state index contributed by atoms with van der Waals surface area (Å²) in [5.41, 5.74) is 0. The third-order valence-electron chi connectivity index (χ3n) is 1.99. The quantitative estimate of drug-likeness (QED) is 0.672. The Hall–Kier alpha value is -0.610. The molecule has 0 aliphatic carbocycles. The van der Waals surface area contributed by atoms with E-state index >= 15 is 0 Å². The van der Waals surface area contributed by atoms with Gasteiger partial charge in [0, 0.05) is 19.1 Å². The number of ether oxygens (including phenoxy) is 1. The first kappa shape index (κ1) is 8.01. The lowest BCUT2D eigenvalue weighted by molar-refractivity contribution is 0.0778. The number of aromatic nitrogens is 2. The molecule has 0 atom stereocenters. The van der Waals surface area contributed by atoms with Gasteiger partial charge in [-0.25, -0.2) is 0 Å². The van der Waals surface area contributed by atoms with E-state index < -0.39 is 0 Å². The zero-order valence-corrected chi connectivity index (χ0v) is 7.25. The van der Waals surface area contributed by atoms with Gasteiger partial charge in [0.25, 0.3) is 5.28 Å². The van der Waals surface area contributed by atoms with Crippen molar-refractivity contribution in [3.05, 3.63) is 11.2 Å². The van der Waals surface area contributed by atoms with Crippen molar-refractivity contribution in [2.24, 2.45) is 0 Å². The van der Waals surface area contributed by atoms with Crippen LogP contribution in [0.4, 0.5) is 0 Å². The van der Waals surface area contributed by atoms with Gasteiger partial charge in [0.15, 0.2) is 0 Å². The molecule has 1 fully saturated rings. The normalized spacial score (nSPS) is 19.8. The van der Waals surface area contributed by atoms with Gasteiger partial charge in [0.2, 0.25) is 5.89 Å². The highest BCUT2D eigenvalue weighted by Crippen LogP contribution is 2.25. The van der Waals surface area contributed by atoms with Gasteiger partial charge in [-0.2, -0.15) is 4.98 Å². The largest absolute Gasteiger partial charge is 0.381 e. The molecular weight excluding hydrogens is 180 g/mol. The fourth-order valence-corrected chi connectivity index (χ4v) is 1.44. The van der Waals surface area contributed by atoms with E-state index in [0.717, 1.165) is 26.1 Å². The molecule has 0 saturated carbocycles. The van der Waals surface area contributed by atoms with Gasteiger partial charge >= 0.3 is 0 Å². The van der Waals surface area contributed by atoms with Gasteiger partial charge in [-0.1, -0.05) is 0 Å². The minimum Gasteiger partial charge on any atom is -0.381 e. The van der Waals surface area contributed by atoms with Crippen molar-refractivity contribution in [3.8, 4) is 0 Å². The second-order valence-corrected chi connectivity index (χ2v) is 3.13. The Labute approximate surface area is 74.9 Å². The summed E-state index contributed by atoms with van der Waals surface area (Å²) in [6.45, 7) is 1.54. The molecule has 12 heavy (non-hydrogen) atoms. The van der Waals surface area contributed by atoms with Crippen molar-refractivity contribution in [1.82, 2.24) is 10.1 Å². The lowest BCUT2D eigenvalue weighted by Gasteiger charge is -2.17. The summed E-state index contributed by atoms with van der Waals surface area (Å²) < 4.78 is 10.2. The predicted molar refractivity (Wildman–Crippen MR) is 42.1 cm³/mol. The topological polar surface area (TPSA) is 48.2 Å². The van der Waals surface area contributed by atoms with Crippen LogP contribution in [0, 0.1) is 0 Å². The maximum atomic E-state index is 5.53. The van der Waals surface area contributed by atoms with E-state index in [1.807, 2.05) is 0 Å². The lowest BCUT2D eigenvalue weighted by atomic mass is 10.0. The molecular formula is C7H9ClN2O2. The van der Waals surface area contributed by atoms with E-state index in [1.165, 1.54) is 0 Å². The van der Waals surface area contributed by atoms with Gasteiger partial charge < -0.3 is 9.26 Å². The summed E-state index contributed by atoms with van der Waals surface area (Å²) in [6.07, 6.45) is 1.89. The highest BCUT2D eigenvalue weighted by molar-refractivity contribution is 6.28. The van der Waals surface area contributed by atoms with E-state index in [1.54, 1.807) is 0 Å². The van der Waals surface area contributed by atoms with Crippen molar-refractivity contribution in [1.29, 1.82) is 0 Å². The minimum absolute atomic E-state index is 0.191. The van der Waals surface area contributed by atoms with Crippen LogP contribution in [0.15, 0.2) is 4.52 Å². The number of hydrogen-bond donors (Lipinski definition) is 0. The van der Waals surface area contributed by atoms with Gasteiger partial charge in [-0.05, 0) is 29.6 Å². The lowest BCUT2D eigenvalue weighted by Crippen LogP contribution is -2.14. The summed E-state index contributed by atoms with van der Waals surface area (Å²) in [5.74, 6) is 0.974. The van der Waals surface area contributed by atoms with E-state index in [4.69, 9.17) is 20.9 Å². The SMILES string of the molecule is Clc1noc(C2CCOCC2)n1. The van der Waals surface area contributed by atoms with Crippen molar-refractivity contribution in [2.75, 3.05) is 13.2 Å². The Kier molecular flexibility index (Phi) is 2.28. The number of rotatable bonds is 1. The van der Waals surface area contributed by atoms with Crippen LogP contribution >= 0.6 is 11.6 Å². The van der Waals surface area contributed by atoms with Crippen LogP contribution in [0.25, 0.3) is 0 Å². The van der Waals surface area contributed by atoms with Gasteiger partial charge in [-0.3, -0.25) is 0 Å². The third kappa shape index (κ3) is 1.59. The Morgan fingerprint density at radius 2 is 2.08 bits per heavy atom. The van der Waals surface area contributed by atoms with Crippen molar-refractivity contribution in [3.63, 3.8) is 0 Å². The molecule has 0 radical (unpaired) electrons. The molecule has 1 aromatic heterocycles. The molecule has 4 nitrogen and oxygen atoms in total. The van der Waals surface area contributed by atoms with Crippen molar-refractivity contribution < 1.29 is 9.26 Å². The van der Waals surface area contributed by atoms with Crippen LogP contribution in [0.2, 0.25) is 5.28 Å². The fourth-order valence-electron chi connectivity index (χ4n) is 1.33. The van der Waals surface area contributed by atoms with Crippen molar-refractivity contribution in [2.45, 2.75) is 18.8 Å². The van der Waals surface area contributed by atoms with Crippen LogP contribution in [0.3, 0.4) is 0 Å². The average molecular weight is 189 g/mol. The summed E-state index contributed by atoms with van der Waals surface area (Å²) in [6, 6.07) is 0. The second-order valence-electron chi connectivity index (χ2n) is 2.79. The van der Waals surface area contributed by atoms with Crippen LogP contribution in [0.5, 0.6) is 0 Å². The molecule has 0 N–H and O–H groups in total. The van der Waals surface area contributed by atoms with Gasteiger partial charge in [-0.15, -0.1) is 0 Å². The summed E-state index contributed by atoms with van der Waals surface area (Å²) in [7, 11) is 0. The summed E-state index contributed by atoms with van der Waals surface area (Å²) in [4.78, 5) is 3.97. The van der Waals surface area contributed by atoms with Gasteiger partial charge in [0.1, 0.15) is 0 Å². The molecule has 2 heterocycles. The molecule has 1 saturated heterocycles. The average Bonchev–Trinajstić information content (AvgIpc) is 2.54. The first-order valence-electron chi connectivity index (χ1n) is 3.93. The molecule has 0 aromatic carbocycles. The maximum absolute atomic E-state index is 5.53. The number of nitrogens with zero attached hydrogens (tertiary/aromatic N) is 2. The molecule has 1 aromatic rings. The Balaban J connectivity index is 2.08. The maximum Gasteiger partial charge on any atom is 0.263 e. The molecule has 0 spiro atoms. The molecule has 1 aliphatic heterocycles. The highest BCUT2D eigenvalue weighted by atomic mass is 35.5. The minimum atomic E-state index is 0.191. The summed E-state index contributed by atoms with van der Waals surface area (Å²) in [5, 5.41) is 3.72. The standard InChI is InChI=1S/C7H9ClN2O2/c8-7-9-6(12-10-7)5-1-3-11-4-2-5/h5H,1-4H2. The molecule has 1 aliphatic rings. The molecule has 0 amide bonds. The zero-order valence-electron chi connectivity index (χ0n) is 6.49. The van der Waals surface area contributed by atoms with Crippen LogP contribution in [-0.2, 0) is 4.74 Å².